The Balaban J connectivity index is 1.49. The number of anilines is 1. The van der Waals surface area contributed by atoms with E-state index in [0.29, 0.717) is 21.6 Å². The van der Waals surface area contributed by atoms with Crippen molar-refractivity contribution in [3.05, 3.63) is 82.0 Å². The van der Waals surface area contributed by atoms with E-state index >= 15 is 0 Å². The standard InChI is InChI=1S/C23H20Cl2N4OS/c1-15-17(24)13-18(25)22(26-15)28-21(30)14-31-23-27-19-9-5-6-10-20(19)29(23)12-11-16-7-3-2-4-8-16/h2-10,13H,11-12,14H2,1H3,(H,26,28,30). The van der Waals surface area contributed by atoms with Crippen LogP contribution in [0.15, 0.2) is 65.8 Å². The van der Waals surface area contributed by atoms with E-state index < -0.39 is 0 Å². The number of carbonyl (C=O) groups is 1. The molecule has 2 heterocycles. The fourth-order valence-electron chi connectivity index (χ4n) is 3.21. The smallest absolute Gasteiger partial charge is 0.236 e. The second-order valence-electron chi connectivity index (χ2n) is 6.99. The number of benzene rings is 2. The number of imidazole rings is 1. The number of amides is 1. The Hall–Kier alpha value is -2.54. The summed E-state index contributed by atoms with van der Waals surface area (Å²) >= 11 is 13.6. The van der Waals surface area contributed by atoms with Crippen molar-refractivity contribution in [2.75, 3.05) is 11.1 Å². The molecule has 0 saturated carbocycles. The van der Waals surface area contributed by atoms with Gasteiger partial charge >= 0.3 is 0 Å². The molecular formula is C23H20Cl2N4OS. The predicted octanol–water partition coefficient (Wildman–Crippen LogP) is 6.02. The zero-order valence-electron chi connectivity index (χ0n) is 16.8. The number of hydrogen-bond acceptors (Lipinski definition) is 4. The Morgan fingerprint density at radius 1 is 1.03 bits per heavy atom. The molecule has 0 aliphatic rings. The lowest BCUT2D eigenvalue weighted by atomic mass is 10.1. The molecule has 0 saturated heterocycles. The van der Waals surface area contributed by atoms with Gasteiger partial charge in [0.2, 0.25) is 5.91 Å². The van der Waals surface area contributed by atoms with Crippen molar-refractivity contribution in [3.63, 3.8) is 0 Å². The Morgan fingerprint density at radius 3 is 2.58 bits per heavy atom. The Labute approximate surface area is 194 Å². The molecule has 0 bridgehead atoms. The van der Waals surface area contributed by atoms with Gasteiger partial charge in [-0.05, 0) is 37.1 Å². The molecule has 1 amide bonds. The topological polar surface area (TPSA) is 59.8 Å². The van der Waals surface area contributed by atoms with Crippen LogP contribution in [0.1, 0.15) is 11.3 Å². The lowest BCUT2D eigenvalue weighted by Crippen LogP contribution is -2.16. The molecule has 1 N–H and O–H groups in total. The van der Waals surface area contributed by atoms with Crippen LogP contribution in [-0.4, -0.2) is 26.2 Å². The monoisotopic (exact) mass is 470 g/mol. The molecular weight excluding hydrogens is 451 g/mol. The van der Waals surface area contributed by atoms with E-state index in [1.807, 2.05) is 36.4 Å². The van der Waals surface area contributed by atoms with Crippen molar-refractivity contribution in [1.29, 1.82) is 0 Å². The zero-order chi connectivity index (χ0) is 21.8. The minimum Gasteiger partial charge on any atom is -0.319 e. The first-order valence-corrected chi connectivity index (χ1v) is 11.5. The number of para-hydroxylation sites is 2. The number of nitrogens with one attached hydrogen (secondary N) is 1. The van der Waals surface area contributed by atoms with Gasteiger partial charge in [-0.2, -0.15) is 0 Å². The Kier molecular flexibility index (Phi) is 6.80. The first-order valence-electron chi connectivity index (χ1n) is 9.76. The lowest BCUT2D eigenvalue weighted by Gasteiger charge is -2.10. The molecule has 4 aromatic rings. The third-order valence-electron chi connectivity index (χ3n) is 4.78. The third kappa shape index (κ3) is 5.21. The molecule has 2 aromatic carbocycles. The van der Waals surface area contributed by atoms with E-state index in [9.17, 15) is 4.79 Å². The summed E-state index contributed by atoms with van der Waals surface area (Å²) < 4.78 is 2.16. The van der Waals surface area contributed by atoms with Gasteiger partial charge in [0.25, 0.3) is 0 Å². The lowest BCUT2D eigenvalue weighted by molar-refractivity contribution is -0.113. The van der Waals surface area contributed by atoms with Crippen LogP contribution in [-0.2, 0) is 17.8 Å². The number of thioether (sulfide) groups is 1. The molecule has 0 aliphatic heterocycles. The quantitative estimate of drug-likeness (QED) is 0.335. The van der Waals surface area contributed by atoms with E-state index in [-0.39, 0.29) is 11.7 Å². The predicted molar refractivity (Wildman–Crippen MR) is 128 cm³/mol. The molecule has 5 nitrogen and oxygen atoms in total. The van der Waals surface area contributed by atoms with Crippen LogP contribution in [0, 0.1) is 6.92 Å². The molecule has 0 atom stereocenters. The summed E-state index contributed by atoms with van der Waals surface area (Å²) in [6.45, 7) is 2.54. The average Bonchev–Trinajstić information content (AvgIpc) is 3.13. The highest BCUT2D eigenvalue weighted by molar-refractivity contribution is 7.99. The van der Waals surface area contributed by atoms with Crippen molar-refractivity contribution >= 4 is 57.7 Å². The number of hydrogen-bond donors (Lipinski definition) is 1. The molecule has 0 fully saturated rings. The summed E-state index contributed by atoms with van der Waals surface area (Å²) in [5.41, 5.74) is 3.83. The maximum atomic E-state index is 12.5. The van der Waals surface area contributed by atoms with Gasteiger partial charge in [-0.15, -0.1) is 0 Å². The maximum Gasteiger partial charge on any atom is 0.236 e. The molecule has 31 heavy (non-hydrogen) atoms. The van der Waals surface area contributed by atoms with Crippen molar-refractivity contribution in [3.8, 4) is 0 Å². The van der Waals surface area contributed by atoms with Crippen LogP contribution in [0.25, 0.3) is 11.0 Å². The summed E-state index contributed by atoms with van der Waals surface area (Å²) in [5.74, 6) is 0.295. The second kappa shape index (κ2) is 9.73. The first kappa shape index (κ1) is 21.7. The molecule has 8 heteroatoms. The number of rotatable bonds is 7. The van der Waals surface area contributed by atoms with Gasteiger partial charge in [-0.25, -0.2) is 9.97 Å². The van der Waals surface area contributed by atoms with Crippen molar-refractivity contribution in [1.82, 2.24) is 14.5 Å². The van der Waals surface area contributed by atoms with E-state index in [1.54, 1.807) is 13.0 Å². The van der Waals surface area contributed by atoms with E-state index in [0.717, 1.165) is 29.2 Å². The number of pyridine rings is 1. The largest absolute Gasteiger partial charge is 0.319 e. The van der Waals surface area contributed by atoms with Crippen LogP contribution in [0.3, 0.4) is 0 Å². The van der Waals surface area contributed by atoms with Crippen molar-refractivity contribution in [2.24, 2.45) is 0 Å². The summed E-state index contributed by atoms with van der Waals surface area (Å²) in [7, 11) is 0. The van der Waals surface area contributed by atoms with E-state index in [1.165, 1.54) is 17.3 Å². The SMILES string of the molecule is Cc1nc(NC(=O)CSc2nc3ccccc3n2CCc2ccccc2)c(Cl)cc1Cl. The van der Waals surface area contributed by atoms with Crippen molar-refractivity contribution in [2.45, 2.75) is 25.0 Å². The minimum absolute atomic E-state index is 0.189. The van der Waals surface area contributed by atoms with Crippen LogP contribution in [0.5, 0.6) is 0 Å². The molecule has 4 rings (SSSR count). The first-order chi connectivity index (χ1) is 15.0. The second-order valence-corrected chi connectivity index (χ2v) is 8.75. The number of nitrogens with zero attached hydrogens (tertiary/aromatic N) is 3. The molecule has 0 spiro atoms. The van der Waals surface area contributed by atoms with Crippen molar-refractivity contribution < 1.29 is 4.79 Å². The van der Waals surface area contributed by atoms with Crippen LogP contribution in [0.4, 0.5) is 5.82 Å². The summed E-state index contributed by atoms with van der Waals surface area (Å²) in [5, 5.41) is 4.34. The van der Waals surface area contributed by atoms with Gasteiger partial charge in [0, 0.05) is 6.54 Å². The van der Waals surface area contributed by atoms with Gasteiger partial charge < -0.3 is 9.88 Å². The number of fused-ring (bicyclic) bond motifs is 1. The van der Waals surface area contributed by atoms with E-state index in [2.05, 4.69) is 33.1 Å². The molecule has 0 radical (unpaired) electrons. The number of carbonyl (C=O) groups excluding carboxylic acids is 1. The van der Waals surface area contributed by atoms with Gasteiger partial charge in [0.15, 0.2) is 11.0 Å². The Bertz CT molecular complexity index is 1230. The maximum absolute atomic E-state index is 12.5. The van der Waals surface area contributed by atoms with Gasteiger partial charge in [-0.1, -0.05) is 77.4 Å². The highest BCUT2D eigenvalue weighted by atomic mass is 35.5. The summed E-state index contributed by atoms with van der Waals surface area (Å²) in [6, 6.07) is 19.9. The van der Waals surface area contributed by atoms with Crippen LogP contribution in [0.2, 0.25) is 10.0 Å². The van der Waals surface area contributed by atoms with Gasteiger partial charge in [-0.3, -0.25) is 4.79 Å². The molecule has 158 valence electrons. The van der Waals surface area contributed by atoms with Gasteiger partial charge in [0.1, 0.15) is 0 Å². The molecule has 2 aromatic heterocycles. The summed E-state index contributed by atoms with van der Waals surface area (Å²) in [4.78, 5) is 21.5. The number of halogens is 2. The fourth-order valence-corrected chi connectivity index (χ4v) is 4.46. The van der Waals surface area contributed by atoms with Crippen LogP contribution < -0.4 is 5.32 Å². The highest BCUT2D eigenvalue weighted by Gasteiger charge is 2.15. The zero-order valence-corrected chi connectivity index (χ0v) is 19.1. The summed E-state index contributed by atoms with van der Waals surface area (Å²) in [6.07, 6.45) is 0.879. The number of aromatic nitrogens is 3. The fraction of sp³-hybridized carbons (Fsp3) is 0.174. The number of aryl methyl sites for hydroxylation is 3. The Morgan fingerprint density at radius 2 is 1.77 bits per heavy atom. The highest BCUT2D eigenvalue weighted by Crippen LogP contribution is 2.27. The minimum atomic E-state index is -0.206. The van der Waals surface area contributed by atoms with E-state index in [4.69, 9.17) is 28.2 Å². The molecule has 0 unspecified atom stereocenters. The van der Waals surface area contributed by atoms with Crippen LogP contribution >= 0.6 is 35.0 Å². The molecule has 0 aliphatic carbocycles. The van der Waals surface area contributed by atoms with Gasteiger partial charge in [0.05, 0.1) is 32.5 Å². The normalized spacial score (nSPS) is 11.1. The average molecular weight is 471 g/mol. The third-order valence-corrected chi connectivity index (χ3v) is 6.43.